The first-order valence-corrected chi connectivity index (χ1v) is 9.08. The lowest BCUT2D eigenvalue weighted by atomic mass is 9.87. The van der Waals surface area contributed by atoms with Crippen molar-refractivity contribution in [3.8, 4) is 0 Å². The molecule has 1 aliphatic rings. The second kappa shape index (κ2) is 6.46. The van der Waals surface area contributed by atoms with E-state index in [-0.39, 0.29) is 16.9 Å². The molecule has 1 saturated carbocycles. The van der Waals surface area contributed by atoms with Gasteiger partial charge in [0.25, 0.3) is 0 Å². The van der Waals surface area contributed by atoms with Gasteiger partial charge < -0.3 is 5.11 Å². The second-order valence-corrected chi connectivity index (χ2v) is 7.98. The van der Waals surface area contributed by atoms with E-state index in [0.717, 1.165) is 5.56 Å². The van der Waals surface area contributed by atoms with Gasteiger partial charge in [0.1, 0.15) is 0 Å². The molecule has 1 aromatic rings. The smallest absolute Gasteiger partial charge is 0.306 e. The second-order valence-electron chi connectivity index (χ2n) is 5.44. The SMILES string of the molecule is Cc1ccc(Br)c(S(=O)(=O)NC2CCC(C(=O)O)CC2)c1. The Balaban J connectivity index is 2.09. The molecule has 0 radical (unpaired) electrons. The summed E-state index contributed by atoms with van der Waals surface area (Å²) in [5, 5.41) is 8.96. The zero-order chi connectivity index (χ0) is 15.6. The molecule has 0 aliphatic heterocycles. The van der Waals surface area contributed by atoms with Gasteiger partial charge in [-0.1, -0.05) is 6.07 Å². The summed E-state index contributed by atoms with van der Waals surface area (Å²) in [6, 6.07) is 4.97. The summed E-state index contributed by atoms with van der Waals surface area (Å²) in [6.45, 7) is 1.84. The van der Waals surface area contributed by atoms with Gasteiger partial charge in [0, 0.05) is 10.5 Å². The first kappa shape index (κ1) is 16.5. The van der Waals surface area contributed by atoms with Gasteiger partial charge in [-0.15, -0.1) is 0 Å². The molecule has 0 bridgehead atoms. The molecular weight excluding hydrogens is 358 g/mol. The predicted octanol–water partition coefficient (Wildman–Crippen LogP) is 2.68. The van der Waals surface area contributed by atoms with Crippen molar-refractivity contribution in [1.82, 2.24) is 4.72 Å². The van der Waals surface area contributed by atoms with Crippen LogP contribution in [0.15, 0.2) is 27.6 Å². The van der Waals surface area contributed by atoms with Crippen LogP contribution in [0, 0.1) is 12.8 Å². The number of aryl methyl sites for hydroxylation is 1. The van der Waals surface area contributed by atoms with Crippen LogP contribution in [0.1, 0.15) is 31.2 Å². The summed E-state index contributed by atoms with van der Waals surface area (Å²) < 4.78 is 28.1. The summed E-state index contributed by atoms with van der Waals surface area (Å²) >= 11 is 3.26. The fourth-order valence-electron chi connectivity index (χ4n) is 2.56. The standard InChI is InChI=1S/C14H18BrNO4S/c1-9-2-7-12(15)13(8-9)21(19,20)16-11-5-3-10(4-6-11)14(17)18/h2,7-8,10-11,16H,3-6H2,1H3,(H,17,18). The normalized spacial score (nSPS) is 23.0. The van der Waals surface area contributed by atoms with E-state index in [2.05, 4.69) is 20.7 Å². The van der Waals surface area contributed by atoms with Gasteiger partial charge in [0.05, 0.1) is 10.8 Å². The molecule has 0 heterocycles. The molecule has 0 aromatic heterocycles. The first-order chi connectivity index (χ1) is 9.79. The van der Waals surface area contributed by atoms with Gasteiger partial charge in [0.2, 0.25) is 10.0 Å². The number of benzene rings is 1. The minimum absolute atomic E-state index is 0.196. The highest BCUT2D eigenvalue weighted by Crippen LogP contribution is 2.27. The predicted molar refractivity (Wildman–Crippen MR) is 82.6 cm³/mol. The zero-order valence-corrected chi connectivity index (χ0v) is 14.1. The summed E-state index contributed by atoms with van der Waals surface area (Å²) in [5.74, 6) is -1.14. The number of sulfonamides is 1. The summed E-state index contributed by atoms with van der Waals surface area (Å²) in [7, 11) is -3.60. The van der Waals surface area contributed by atoms with Crippen LogP contribution in [0.3, 0.4) is 0 Å². The molecule has 0 atom stereocenters. The maximum atomic E-state index is 12.4. The number of carbonyl (C=O) groups is 1. The van der Waals surface area contributed by atoms with Crippen molar-refractivity contribution < 1.29 is 18.3 Å². The Bertz CT molecular complexity index is 636. The first-order valence-electron chi connectivity index (χ1n) is 6.81. The van der Waals surface area contributed by atoms with E-state index in [0.29, 0.717) is 30.2 Å². The number of hydrogen-bond donors (Lipinski definition) is 2. The summed E-state index contributed by atoms with van der Waals surface area (Å²) in [5.41, 5.74) is 0.869. The third kappa shape index (κ3) is 4.05. The van der Waals surface area contributed by atoms with Gasteiger partial charge in [-0.25, -0.2) is 13.1 Å². The van der Waals surface area contributed by atoms with E-state index in [9.17, 15) is 13.2 Å². The molecule has 21 heavy (non-hydrogen) atoms. The van der Waals surface area contributed by atoms with E-state index >= 15 is 0 Å². The Labute approximate surface area is 132 Å². The Kier molecular flexibility index (Phi) is 5.06. The highest BCUT2D eigenvalue weighted by molar-refractivity contribution is 9.10. The molecule has 0 spiro atoms. The number of rotatable bonds is 4. The molecule has 7 heteroatoms. The topological polar surface area (TPSA) is 83.5 Å². The van der Waals surface area contributed by atoms with Crippen molar-refractivity contribution in [1.29, 1.82) is 0 Å². The molecule has 2 N–H and O–H groups in total. The number of nitrogens with one attached hydrogen (secondary N) is 1. The van der Waals surface area contributed by atoms with E-state index in [1.807, 2.05) is 13.0 Å². The highest BCUT2D eigenvalue weighted by atomic mass is 79.9. The Morgan fingerprint density at radius 1 is 1.29 bits per heavy atom. The molecule has 1 fully saturated rings. The lowest BCUT2D eigenvalue weighted by molar-refractivity contribution is -0.142. The van der Waals surface area contributed by atoms with Crippen molar-refractivity contribution in [2.45, 2.75) is 43.5 Å². The lowest BCUT2D eigenvalue weighted by Crippen LogP contribution is -2.38. The van der Waals surface area contributed by atoms with Crippen LogP contribution in [0.4, 0.5) is 0 Å². The molecule has 5 nitrogen and oxygen atoms in total. The highest BCUT2D eigenvalue weighted by Gasteiger charge is 2.29. The average Bonchev–Trinajstić information content (AvgIpc) is 2.41. The fourth-order valence-corrected chi connectivity index (χ4v) is 4.91. The van der Waals surface area contributed by atoms with Gasteiger partial charge in [0.15, 0.2) is 0 Å². The van der Waals surface area contributed by atoms with Crippen molar-refractivity contribution in [2.75, 3.05) is 0 Å². The minimum Gasteiger partial charge on any atom is -0.481 e. The maximum Gasteiger partial charge on any atom is 0.306 e. The molecule has 1 aliphatic carbocycles. The number of carboxylic acids is 1. The average molecular weight is 376 g/mol. The van der Waals surface area contributed by atoms with Gasteiger partial charge >= 0.3 is 5.97 Å². The van der Waals surface area contributed by atoms with Crippen LogP contribution in [-0.4, -0.2) is 25.5 Å². The van der Waals surface area contributed by atoms with Crippen molar-refractivity contribution in [3.63, 3.8) is 0 Å². The molecule has 116 valence electrons. The third-order valence-corrected chi connectivity index (χ3v) is 6.29. The van der Waals surface area contributed by atoms with Crippen molar-refractivity contribution >= 4 is 31.9 Å². The van der Waals surface area contributed by atoms with Gasteiger partial charge in [-0.3, -0.25) is 4.79 Å². The molecule has 0 saturated heterocycles. The van der Waals surface area contributed by atoms with E-state index < -0.39 is 16.0 Å². The fraction of sp³-hybridized carbons (Fsp3) is 0.500. The quantitative estimate of drug-likeness (QED) is 0.847. The number of halogens is 1. The van der Waals surface area contributed by atoms with E-state index in [4.69, 9.17) is 5.11 Å². The molecule has 0 amide bonds. The van der Waals surface area contributed by atoms with Crippen LogP contribution in [0.2, 0.25) is 0 Å². The van der Waals surface area contributed by atoms with Crippen LogP contribution >= 0.6 is 15.9 Å². The number of hydrogen-bond acceptors (Lipinski definition) is 3. The monoisotopic (exact) mass is 375 g/mol. The van der Waals surface area contributed by atoms with Crippen molar-refractivity contribution in [2.24, 2.45) is 5.92 Å². The Morgan fingerprint density at radius 2 is 1.90 bits per heavy atom. The molecule has 2 rings (SSSR count). The Hall–Kier alpha value is -0.920. The lowest BCUT2D eigenvalue weighted by Gasteiger charge is -2.26. The van der Waals surface area contributed by atoms with Crippen LogP contribution in [0.5, 0.6) is 0 Å². The largest absolute Gasteiger partial charge is 0.481 e. The summed E-state index contributed by atoms with van der Waals surface area (Å²) in [6.07, 6.45) is 2.13. The Morgan fingerprint density at radius 3 is 2.48 bits per heavy atom. The van der Waals surface area contributed by atoms with E-state index in [1.54, 1.807) is 12.1 Å². The third-order valence-electron chi connectivity index (χ3n) is 3.77. The van der Waals surface area contributed by atoms with Crippen LogP contribution in [-0.2, 0) is 14.8 Å². The molecule has 0 unspecified atom stereocenters. The van der Waals surface area contributed by atoms with Gasteiger partial charge in [-0.2, -0.15) is 0 Å². The van der Waals surface area contributed by atoms with E-state index in [1.165, 1.54) is 0 Å². The minimum atomic E-state index is -3.60. The van der Waals surface area contributed by atoms with Gasteiger partial charge in [-0.05, 0) is 66.2 Å². The molecular formula is C14H18BrNO4S. The van der Waals surface area contributed by atoms with Crippen LogP contribution < -0.4 is 4.72 Å². The summed E-state index contributed by atoms with van der Waals surface area (Å²) in [4.78, 5) is 11.1. The number of aliphatic carboxylic acids is 1. The maximum absolute atomic E-state index is 12.4. The van der Waals surface area contributed by atoms with Crippen molar-refractivity contribution in [3.05, 3.63) is 28.2 Å². The number of carboxylic acid groups (broad SMARTS) is 1. The molecule has 1 aromatic carbocycles. The van der Waals surface area contributed by atoms with Crippen LogP contribution in [0.25, 0.3) is 0 Å². The zero-order valence-electron chi connectivity index (χ0n) is 11.7.